The summed E-state index contributed by atoms with van der Waals surface area (Å²) >= 11 is 1.54. The van der Waals surface area contributed by atoms with Gasteiger partial charge in [-0.05, 0) is 30.4 Å². The highest BCUT2D eigenvalue weighted by Gasteiger charge is 2.31. The summed E-state index contributed by atoms with van der Waals surface area (Å²) in [7, 11) is 3.24. The lowest BCUT2D eigenvalue weighted by atomic mass is 10.2. The molecule has 18 heavy (non-hydrogen) atoms. The summed E-state index contributed by atoms with van der Waals surface area (Å²) in [6.07, 6.45) is 2.08. The molecule has 94 valence electrons. The molecule has 4 heteroatoms. The monoisotopic (exact) mass is 262 g/mol. The highest BCUT2D eigenvalue weighted by Crippen LogP contribution is 2.39. The number of carbonyl (C=O) groups is 1. The second kappa shape index (κ2) is 4.28. The Kier molecular flexibility index (Phi) is 2.74. The van der Waals surface area contributed by atoms with Crippen LogP contribution in [0.1, 0.15) is 22.5 Å². The largest absolute Gasteiger partial charge is 0.493 e. The van der Waals surface area contributed by atoms with Crippen LogP contribution in [-0.4, -0.2) is 20.0 Å². The van der Waals surface area contributed by atoms with Gasteiger partial charge in [0, 0.05) is 16.7 Å². The zero-order chi connectivity index (χ0) is 12.7. The smallest absolute Gasteiger partial charge is 0.175 e. The van der Waals surface area contributed by atoms with Crippen molar-refractivity contribution in [3.8, 4) is 11.5 Å². The Morgan fingerprint density at radius 3 is 2.44 bits per heavy atom. The molecule has 3 nitrogen and oxygen atoms in total. The lowest BCUT2D eigenvalue weighted by molar-refractivity contribution is 0.0971. The van der Waals surface area contributed by atoms with Gasteiger partial charge in [-0.3, -0.25) is 4.79 Å². The first-order chi connectivity index (χ1) is 8.72. The maximum Gasteiger partial charge on any atom is 0.175 e. The maximum absolute atomic E-state index is 12.0. The maximum atomic E-state index is 12.0. The second-order valence-electron chi connectivity index (χ2n) is 4.49. The molecule has 0 spiro atoms. The van der Waals surface area contributed by atoms with Gasteiger partial charge in [-0.2, -0.15) is 0 Å². The number of hydrogen-bond acceptors (Lipinski definition) is 4. The standard InChI is InChI=1S/C14H14O3S/c1-16-10-5-9-6-13(14(15)8-3-4-8)18-12(9)7-11(10)17-2/h5-8H,3-4H2,1-2H3. The molecule has 0 aliphatic heterocycles. The van der Waals surface area contributed by atoms with Crippen LogP contribution in [0.3, 0.4) is 0 Å². The number of rotatable bonds is 4. The van der Waals surface area contributed by atoms with Crippen LogP contribution >= 0.6 is 11.3 Å². The van der Waals surface area contributed by atoms with Gasteiger partial charge in [0.1, 0.15) is 0 Å². The minimum absolute atomic E-state index is 0.266. The fraction of sp³-hybridized carbons (Fsp3) is 0.357. The van der Waals surface area contributed by atoms with Crippen molar-refractivity contribution in [3.05, 3.63) is 23.1 Å². The van der Waals surface area contributed by atoms with Crippen molar-refractivity contribution in [3.63, 3.8) is 0 Å². The molecule has 0 amide bonds. The van der Waals surface area contributed by atoms with Gasteiger partial charge in [-0.15, -0.1) is 11.3 Å². The van der Waals surface area contributed by atoms with Crippen molar-refractivity contribution in [1.29, 1.82) is 0 Å². The second-order valence-corrected chi connectivity index (χ2v) is 5.58. The van der Waals surface area contributed by atoms with E-state index < -0.39 is 0 Å². The van der Waals surface area contributed by atoms with E-state index in [1.165, 1.54) is 11.3 Å². The fourth-order valence-electron chi connectivity index (χ4n) is 2.03. The summed E-state index contributed by atoms with van der Waals surface area (Å²) in [5.41, 5.74) is 0. The van der Waals surface area contributed by atoms with Crippen molar-refractivity contribution in [1.82, 2.24) is 0 Å². The molecular weight excluding hydrogens is 248 g/mol. The van der Waals surface area contributed by atoms with E-state index in [2.05, 4.69) is 0 Å². The van der Waals surface area contributed by atoms with Gasteiger partial charge < -0.3 is 9.47 Å². The van der Waals surface area contributed by atoms with Gasteiger partial charge in [-0.1, -0.05) is 0 Å². The van der Waals surface area contributed by atoms with Gasteiger partial charge in [0.25, 0.3) is 0 Å². The number of thiophene rings is 1. The average molecular weight is 262 g/mol. The third-order valence-electron chi connectivity index (χ3n) is 3.21. The summed E-state index contributed by atoms with van der Waals surface area (Å²) in [5.74, 6) is 1.96. The summed E-state index contributed by atoms with van der Waals surface area (Å²) < 4.78 is 11.6. The number of ether oxygens (including phenoxy) is 2. The van der Waals surface area contributed by atoms with Gasteiger partial charge in [0.05, 0.1) is 19.1 Å². The molecule has 1 aromatic heterocycles. The Bertz CT molecular complexity index is 570. The number of ketones is 1. The molecule has 1 aromatic carbocycles. The zero-order valence-corrected chi connectivity index (χ0v) is 11.2. The molecule has 1 fully saturated rings. The van der Waals surface area contributed by atoms with Gasteiger partial charge >= 0.3 is 0 Å². The molecular formula is C14H14O3S. The van der Waals surface area contributed by atoms with E-state index in [1.807, 2.05) is 18.2 Å². The van der Waals surface area contributed by atoms with Crippen LogP contribution in [-0.2, 0) is 0 Å². The van der Waals surface area contributed by atoms with Crippen LogP contribution < -0.4 is 9.47 Å². The average Bonchev–Trinajstić information content (AvgIpc) is 3.15. The number of carbonyl (C=O) groups excluding carboxylic acids is 1. The van der Waals surface area contributed by atoms with E-state index in [-0.39, 0.29) is 11.7 Å². The molecule has 3 rings (SSSR count). The SMILES string of the molecule is COc1cc2cc(C(=O)C3CC3)sc2cc1OC. The Balaban J connectivity index is 2.08. The highest BCUT2D eigenvalue weighted by atomic mass is 32.1. The number of Topliss-reactive ketones (excluding diaryl/α,β-unsaturated/α-hetero) is 1. The summed E-state index contributed by atoms with van der Waals surface area (Å²) in [6, 6.07) is 5.82. The highest BCUT2D eigenvalue weighted by molar-refractivity contribution is 7.20. The van der Waals surface area contributed by atoms with Crippen LogP contribution in [0.5, 0.6) is 11.5 Å². The van der Waals surface area contributed by atoms with Crippen molar-refractivity contribution in [2.24, 2.45) is 5.92 Å². The molecule has 0 unspecified atom stereocenters. The third kappa shape index (κ3) is 1.86. The topological polar surface area (TPSA) is 35.5 Å². The molecule has 0 bridgehead atoms. The number of fused-ring (bicyclic) bond motifs is 1. The van der Waals surface area contributed by atoms with Crippen LogP contribution in [0.15, 0.2) is 18.2 Å². The number of hydrogen-bond donors (Lipinski definition) is 0. The first-order valence-corrected chi connectivity index (χ1v) is 6.74. The summed E-state index contributed by atoms with van der Waals surface area (Å²) in [5, 5.41) is 1.04. The molecule has 0 atom stereocenters. The lowest BCUT2D eigenvalue weighted by Crippen LogP contribution is -1.96. The predicted octanol–water partition coefficient (Wildman–Crippen LogP) is 3.51. The molecule has 1 aliphatic carbocycles. The summed E-state index contributed by atoms with van der Waals surface area (Å²) in [4.78, 5) is 12.9. The van der Waals surface area contributed by atoms with E-state index in [0.717, 1.165) is 27.8 Å². The molecule has 0 radical (unpaired) electrons. The van der Waals surface area contributed by atoms with E-state index in [4.69, 9.17) is 9.47 Å². The van der Waals surface area contributed by atoms with Crippen molar-refractivity contribution in [2.45, 2.75) is 12.8 Å². The van der Waals surface area contributed by atoms with Gasteiger partial charge in [-0.25, -0.2) is 0 Å². The summed E-state index contributed by atoms with van der Waals surface area (Å²) in [6.45, 7) is 0. The molecule has 0 N–H and O–H groups in total. The first kappa shape index (κ1) is 11.5. The molecule has 1 aliphatic rings. The van der Waals surface area contributed by atoms with Gasteiger partial charge in [0.15, 0.2) is 17.3 Å². The minimum Gasteiger partial charge on any atom is -0.493 e. The van der Waals surface area contributed by atoms with Crippen molar-refractivity contribution >= 4 is 27.2 Å². The van der Waals surface area contributed by atoms with Crippen LogP contribution in [0.4, 0.5) is 0 Å². The minimum atomic E-state index is 0.266. The third-order valence-corrected chi connectivity index (χ3v) is 4.33. The molecule has 0 saturated heterocycles. The van der Waals surface area contributed by atoms with Crippen molar-refractivity contribution < 1.29 is 14.3 Å². The fourth-order valence-corrected chi connectivity index (χ4v) is 3.13. The van der Waals surface area contributed by atoms with Crippen LogP contribution in [0.25, 0.3) is 10.1 Å². The molecule has 2 aromatic rings. The normalized spacial score (nSPS) is 14.8. The van der Waals surface area contributed by atoms with E-state index >= 15 is 0 Å². The van der Waals surface area contributed by atoms with Crippen LogP contribution in [0.2, 0.25) is 0 Å². The number of benzene rings is 1. The van der Waals surface area contributed by atoms with E-state index in [9.17, 15) is 4.79 Å². The van der Waals surface area contributed by atoms with E-state index in [1.54, 1.807) is 14.2 Å². The van der Waals surface area contributed by atoms with Gasteiger partial charge in [0.2, 0.25) is 0 Å². The van der Waals surface area contributed by atoms with Crippen LogP contribution in [0, 0.1) is 5.92 Å². The van der Waals surface area contributed by atoms with E-state index in [0.29, 0.717) is 11.5 Å². The molecule has 1 heterocycles. The number of methoxy groups -OCH3 is 2. The Hall–Kier alpha value is -1.55. The zero-order valence-electron chi connectivity index (χ0n) is 10.4. The quantitative estimate of drug-likeness (QED) is 0.791. The lowest BCUT2D eigenvalue weighted by Gasteiger charge is -2.06. The Labute approximate surface area is 109 Å². The Morgan fingerprint density at radius 2 is 1.83 bits per heavy atom. The Morgan fingerprint density at radius 1 is 1.17 bits per heavy atom. The van der Waals surface area contributed by atoms with Crippen molar-refractivity contribution in [2.75, 3.05) is 14.2 Å². The molecule has 1 saturated carbocycles. The predicted molar refractivity (Wildman–Crippen MR) is 72.0 cm³/mol. The first-order valence-electron chi connectivity index (χ1n) is 5.92.